The van der Waals surface area contributed by atoms with Crippen LogP contribution < -0.4 is 5.76 Å². The van der Waals surface area contributed by atoms with Crippen LogP contribution in [-0.4, -0.2) is 23.0 Å². The van der Waals surface area contributed by atoms with E-state index in [1.54, 1.807) is 17.8 Å². The fraction of sp³-hybridized carbons (Fsp3) is 0.455. The van der Waals surface area contributed by atoms with E-state index in [0.29, 0.717) is 18.9 Å². The summed E-state index contributed by atoms with van der Waals surface area (Å²) in [5.41, 5.74) is 0. The van der Waals surface area contributed by atoms with Crippen molar-refractivity contribution in [1.29, 1.82) is 0 Å². The lowest BCUT2D eigenvalue weighted by atomic mass is 10.2. The van der Waals surface area contributed by atoms with Gasteiger partial charge in [-0.15, -0.1) is 11.8 Å². The average Bonchev–Trinajstić information content (AvgIpc) is 2.74. The van der Waals surface area contributed by atoms with E-state index in [4.69, 9.17) is 4.74 Å². The summed E-state index contributed by atoms with van der Waals surface area (Å²) in [4.78, 5) is 14.3. The van der Waals surface area contributed by atoms with E-state index in [-0.39, 0.29) is 0 Å². The predicted octanol–water partition coefficient (Wildman–Crippen LogP) is 2.09. The van der Waals surface area contributed by atoms with Gasteiger partial charge in [-0.3, -0.25) is 9.51 Å². The first-order valence-corrected chi connectivity index (χ1v) is 6.51. The van der Waals surface area contributed by atoms with E-state index >= 15 is 0 Å². The van der Waals surface area contributed by atoms with E-state index in [1.807, 2.05) is 13.2 Å². The smallest absolute Gasteiger partial charge is 0.438 e. The van der Waals surface area contributed by atoms with Crippen molar-refractivity contribution in [2.45, 2.75) is 19.8 Å². The maximum atomic E-state index is 10.8. The minimum absolute atomic E-state index is 0.525. The molecule has 5 nitrogen and oxygen atoms in total. The minimum Gasteiger partial charge on any atom is -0.493 e. The molecule has 0 aliphatic rings. The van der Waals surface area contributed by atoms with Crippen LogP contribution in [-0.2, 0) is 11.2 Å². The number of allylic oxidation sites excluding steroid dienone is 2. The molecule has 0 atom stereocenters. The third-order valence-electron chi connectivity index (χ3n) is 2.08. The second-order valence-corrected chi connectivity index (χ2v) is 4.07. The number of nitrogens with one attached hydrogen (secondary N) is 1. The number of aromatic nitrogens is 2. The molecule has 0 aromatic carbocycles. The maximum Gasteiger partial charge on any atom is 0.438 e. The highest BCUT2D eigenvalue weighted by Gasteiger charge is 2.07. The Kier molecular flexibility index (Phi) is 5.62. The van der Waals surface area contributed by atoms with Crippen molar-refractivity contribution in [1.82, 2.24) is 10.1 Å². The Morgan fingerprint density at radius 2 is 2.47 bits per heavy atom. The molecule has 0 saturated heterocycles. The molecule has 1 N–H and O–H groups in total. The van der Waals surface area contributed by atoms with E-state index in [9.17, 15) is 4.79 Å². The molecule has 0 spiro atoms. The van der Waals surface area contributed by atoms with Crippen LogP contribution in [0.15, 0.2) is 32.6 Å². The number of aromatic amines is 1. The zero-order chi connectivity index (χ0) is 12.7. The van der Waals surface area contributed by atoms with Gasteiger partial charge in [-0.1, -0.05) is 11.7 Å². The molecule has 0 amide bonds. The Balaban J connectivity index is 2.69. The molecule has 0 unspecified atom stereocenters. The number of ether oxygens (including phenoxy) is 1. The fourth-order valence-corrected chi connectivity index (χ4v) is 1.98. The lowest BCUT2D eigenvalue weighted by Gasteiger charge is -2.09. The van der Waals surface area contributed by atoms with Gasteiger partial charge in [-0.2, -0.15) is 0 Å². The summed E-state index contributed by atoms with van der Waals surface area (Å²) in [5, 5.41) is 3.61. The van der Waals surface area contributed by atoms with Gasteiger partial charge in [0.1, 0.15) is 5.76 Å². The van der Waals surface area contributed by atoms with Crippen molar-refractivity contribution >= 4 is 11.8 Å². The van der Waals surface area contributed by atoms with Crippen LogP contribution in [0, 0.1) is 0 Å². The van der Waals surface area contributed by atoms with E-state index in [2.05, 4.69) is 21.2 Å². The van der Waals surface area contributed by atoms with Gasteiger partial charge in [0, 0.05) is 11.3 Å². The Hall–Kier alpha value is -1.43. The molecular formula is C11H16N2O3S. The molecule has 6 heteroatoms. The first-order valence-electron chi connectivity index (χ1n) is 5.28. The van der Waals surface area contributed by atoms with E-state index < -0.39 is 5.76 Å². The summed E-state index contributed by atoms with van der Waals surface area (Å²) < 4.78 is 9.89. The molecule has 0 saturated carbocycles. The molecule has 0 aliphatic heterocycles. The van der Waals surface area contributed by atoms with Gasteiger partial charge in [0.05, 0.1) is 6.61 Å². The fourth-order valence-electron chi connectivity index (χ4n) is 1.33. The Bertz CT molecular complexity index is 448. The number of hydrogen-bond donors (Lipinski definition) is 1. The third-order valence-corrected chi connectivity index (χ3v) is 2.98. The molecule has 0 radical (unpaired) electrons. The molecule has 1 aromatic rings. The van der Waals surface area contributed by atoms with E-state index in [0.717, 1.165) is 17.1 Å². The average molecular weight is 256 g/mol. The third kappa shape index (κ3) is 4.14. The number of rotatable bonds is 7. The summed E-state index contributed by atoms with van der Waals surface area (Å²) >= 11 is 1.60. The number of H-pyrrole nitrogens is 1. The van der Waals surface area contributed by atoms with Crippen molar-refractivity contribution < 1.29 is 9.26 Å². The summed E-state index contributed by atoms with van der Waals surface area (Å²) in [6.45, 7) is 6.25. The summed E-state index contributed by atoms with van der Waals surface area (Å²) in [5.74, 6) is 0.802. The highest BCUT2D eigenvalue weighted by molar-refractivity contribution is 8.02. The molecule has 0 bridgehead atoms. The van der Waals surface area contributed by atoms with Gasteiger partial charge in [-0.25, -0.2) is 4.79 Å². The van der Waals surface area contributed by atoms with Gasteiger partial charge in [0.2, 0.25) is 0 Å². The van der Waals surface area contributed by atoms with Gasteiger partial charge in [0.25, 0.3) is 0 Å². The van der Waals surface area contributed by atoms with Gasteiger partial charge >= 0.3 is 5.76 Å². The van der Waals surface area contributed by atoms with Crippen LogP contribution >= 0.6 is 11.8 Å². The molecule has 1 heterocycles. The van der Waals surface area contributed by atoms with E-state index in [1.165, 1.54) is 0 Å². The summed E-state index contributed by atoms with van der Waals surface area (Å²) in [7, 11) is 0. The van der Waals surface area contributed by atoms with Crippen LogP contribution in [0.4, 0.5) is 0 Å². The molecule has 0 aliphatic carbocycles. The topological polar surface area (TPSA) is 68.1 Å². The van der Waals surface area contributed by atoms with Crippen LogP contribution in [0.5, 0.6) is 0 Å². The molecule has 94 valence electrons. The summed E-state index contributed by atoms with van der Waals surface area (Å²) in [6.07, 6.45) is 5.00. The van der Waals surface area contributed by atoms with Crippen LogP contribution in [0.25, 0.3) is 0 Å². The normalized spacial score (nSPS) is 12.1. The van der Waals surface area contributed by atoms with Crippen molar-refractivity contribution in [3.8, 4) is 0 Å². The lowest BCUT2D eigenvalue weighted by Crippen LogP contribution is -1.99. The minimum atomic E-state index is -0.525. The molecule has 0 fully saturated rings. The molecular weight excluding hydrogens is 240 g/mol. The van der Waals surface area contributed by atoms with Crippen molar-refractivity contribution in [2.75, 3.05) is 12.9 Å². The Morgan fingerprint density at radius 3 is 2.94 bits per heavy atom. The SMILES string of the molecule is C=C/C(OCC)=C(/CCc1noc(=O)[nH]1)SC. The summed E-state index contributed by atoms with van der Waals surface area (Å²) in [6, 6.07) is 0. The zero-order valence-corrected chi connectivity index (χ0v) is 10.8. The standard InChI is InChI=1S/C11H16N2O3S/c1-4-8(15-5-2)9(17-3)6-7-10-12-11(14)16-13-10/h4H,1,5-7H2,2-3H3,(H,12,13,14)/b9-8+. The van der Waals surface area contributed by atoms with Crippen molar-refractivity contribution in [2.24, 2.45) is 0 Å². The van der Waals surface area contributed by atoms with Crippen LogP contribution in [0.1, 0.15) is 19.2 Å². The lowest BCUT2D eigenvalue weighted by molar-refractivity contribution is 0.240. The number of aryl methyl sites for hydroxylation is 1. The second-order valence-electron chi connectivity index (χ2n) is 3.17. The largest absolute Gasteiger partial charge is 0.493 e. The predicted molar refractivity (Wildman–Crippen MR) is 67.8 cm³/mol. The number of nitrogens with zero attached hydrogens (tertiary/aromatic N) is 1. The Labute approximate surface area is 104 Å². The van der Waals surface area contributed by atoms with Crippen LogP contribution in [0.2, 0.25) is 0 Å². The zero-order valence-electron chi connectivity index (χ0n) is 9.99. The van der Waals surface area contributed by atoms with Gasteiger partial charge in [0.15, 0.2) is 5.82 Å². The highest BCUT2D eigenvalue weighted by atomic mass is 32.2. The first kappa shape index (κ1) is 13.6. The molecule has 1 aromatic heterocycles. The molecule has 1 rings (SSSR count). The monoisotopic (exact) mass is 256 g/mol. The van der Waals surface area contributed by atoms with Crippen molar-refractivity contribution in [3.63, 3.8) is 0 Å². The number of hydrogen-bond acceptors (Lipinski definition) is 5. The second kappa shape index (κ2) is 7.01. The molecule has 17 heavy (non-hydrogen) atoms. The highest BCUT2D eigenvalue weighted by Crippen LogP contribution is 2.23. The quantitative estimate of drug-likeness (QED) is 0.597. The number of thioether (sulfide) groups is 1. The Morgan fingerprint density at radius 1 is 1.71 bits per heavy atom. The van der Waals surface area contributed by atoms with Crippen molar-refractivity contribution in [3.05, 3.63) is 39.7 Å². The first-order chi connectivity index (χ1) is 8.21. The van der Waals surface area contributed by atoms with Gasteiger partial charge < -0.3 is 4.74 Å². The van der Waals surface area contributed by atoms with Gasteiger partial charge in [-0.05, 0) is 25.7 Å². The van der Waals surface area contributed by atoms with Crippen LogP contribution in [0.3, 0.4) is 0 Å². The maximum absolute atomic E-state index is 10.8.